The average Bonchev–Trinajstić information content (AvgIpc) is 2.99. The lowest BCUT2D eigenvalue weighted by molar-refractivity contribution is -0.0586. The smallest absolute Gasteiger partial charge is 0.257 e. The van der Waals surface area contributed by atoms with Crippen LogP contribution in [0.4, 0.5) is 0 Å². The van der Waals surface area contributed by atoms with Crippen molar-refractivity contribution in [2.75, 3.05) is 13.1 Å². The molecule has 1 amide bonds. The van der Waals surface area contributed by atoms with E-state index in [9.17, 15) is 4.79 Å². The Kier molecular flexibility index (Phi) is 4.85. The highest BCUT2D eigenvalue weighted by Gasteiger charge is 2.29. The van der Waals surface area contributed by atoms with E-state index in [4.69, 9.17) is 16.3 Å². The Morgan fingerprint density at radius 3 is 2.43 bits per heavy atom. The first-order chi connectivity index (χ1) is 13.3. The minimum atomic E-state index is -0.121. The quantitative estimate of drug-likeness (QED) is 0.656. The van der Waals surface area contributed by atoms with Crippen molar-refractivity contribution in [2.24, 2.45) is 0 Å². The van der Waals surface area contributed by atoms with Crippen molar-refractivity contribution in [1.29, 1.82) is 0 Å². The fourth-order valence-electron chi connectivity index (χ4n) is 3.74. The molecule has 1 aliphatic rings. The van der Waals surface area contributed by atoms with Gasteiger partial charge in [-0.05, 0) is 39.8 Å². The van der Waals surface area contributed by atoms with E-state index in [1.165, 1.54) is 5.56 Å². The third-order valence-corrected chi connectivity index (χ3v) is 5.42. The van der Waals surface area contributed by atoms with E-state index < -0.39 is 0 Å². The second kappa shape index (κ2) is 7.18. The number of carbonyl (C=O) groups excluding carboxylic acids is 1. The minimum absolute atomic E-state index is 0.00538. The number of aromatic nitrogens is 3. The molecule has 1 aromatic carbocycles. The number of fused-ring (bicyclic) bond motifs is 1. The predicted molar refractivity (Wildman–Crippen MR) is 109 cm³/mol. The van der Waals surface area contributed by atoms with Crippen LogP contribution in [0.3, 0.4) is 0 Å². The van der Waals surface area contributed by atoms with Crippen LogP contribution in [0.5, 0.6) is 0 Å². The van der Waals surface area contributed by atoms with Crippen LogP contribution >= 0.6 is 11.6 Å². The van der Waals surface area contributed by atoms with Gasteiger partial charge in [-0.3, -0.25) is 4.79 Å². The second-order valence-corrected chi connectivity index (χ2v) is 7.86. The van der Waals surface area contributed by atoms with Gasteiger partial charge in [0, 0.05) is 19.3 Å². The van der Waals surface area contributed by atoms with Crippen molar-refractivity contribution in [2.45, 2.75) is 39.9 Å². The van der Waals surface area contributed by atoms with E-state index in [2.05, 4.69) is 10.1 Å². The molecule has 0 aliphatic carbocycles. The summed E-state index contributed by atoms with van der Waals surface area (Å²) < 4.78 is 7.49. The first-order valence-corrected chi connectivity index (χ1v) is 9.78. The molecule has 0 saturated carbocycles. The lowest BCUT2D eigenvalue weighted by atomic mass is 10.1. The van der Waals surface area contributed by atoms with Crippen LogP contribution in [0, 0.1) is 13.8 Å². The summed E-state index contributed by atoms with van der Waals surface area (Å²) in [6.07, 6.45) is 1.55. The molecule has 1 fully saturated rings. The van der Waals surface area contributed by atoms with Crippen molar-refractivity contribution < 1.29 is 9.53 Å². The van der Waals surface area contributed by atoms with E-state index in [-0.39, 0.29) is 18.1 Å². The first-order valence-electron chi connectivity index (χ1n) is 9.40. The van der Waals surface area contributed by atoms with E-state index in [0.29, 0.717) is 34.7 Å². The summed E-state index contributed by atoms with van der Waals surface area (Å²) in [7, 11) is 0. The Morgan fingerprint density at radius 2 is 1.79 bits per heavy atom. The highest BCUT2D eigenvalue weighted by atomic mass is 35.5. The number of hydrogen-bond acceptors (Lipinski definition) is 4. The number of ether oxygens (including phenoxy) is 1. The van der Waals surface area contributed by atoms with Gasteiger partial charge in [-0.25, -0.2) is 9.67 Å². The molecule has 1 saturated heterocycles. The van der Waals surface area contributed by atoms with Crippen molar-refractivity contribution in [3.8, 4) is 5.69 Å². The number of pyridine rings is 1. The molecule has 0 spiro atoms. The van der Waals surface area contributed by atoms with E-state index in [0.717, 1.165) is 11.4 Å². The van der Waals surface area contributed by atoms with Gasteiger partial charge in [0.1, 0.15) is 0 Å². The molecule has 0 bridgehead atoms. The maximum Gasteiger partial charge on any atom is 0.257 e. The zero-order valence-electron chi connectivity index (χ0n) is 16.4. The van der Waals surface area contributed by atoms with Gasteiger partial charge in [-0.1, -0.05) is 29.3 Å². The molecule has 7 heteroatoms. The Morgan fingerprint density at radius 1 is 1.14 bits per heavy atom. The van der Waals surface area contributed by atoms with Crippen molar-refractivity contribution in [3.63, 3.8) is 0 Å². The zero-order valence-corrected chi connectivity index (χ0v) is 17.2. The first kappa shape index (κ1) is 18.9. The van der Waals surface area contributed by atoms with E-state index in [1.54, 1.807) is 15.8 Å². The molecule has 0 unspecified atom stereocenters. The van der Waals surface area contributed by atoms with E-state index >= 15 is 0 Å². The molecule has 6 nitrogen and oxygen atoms in total. The van der Waals surface area contributed by atoms with Crippen LogP contribution < -0.4 is 0 Å². The van der Waals surface area contributed by atoms with Crippen LogP contribution in [-0.2, 0) is 4.74 Å². The third-order valence-electron chi connectivity index (χ3n) is 5.02. The Labute approximate surface area is 169 Å². The average molecular weight is 399 g/mol. The molecule has 28 heavy (non-hydrogen) atoms. The van der Waals surface area contributed by atoms with Crippen LogP contribution in [0.2, 0.25) is 5.02 Å². The zero-order chi connectivity index (χ0) is 20.0. The van der Waals surface area contributed by atoms with Gasteiger partial charge >= 0.3 is 0 Å². The molecule has 0 radical (unpaired) electrons. The number of nitrogens with zero attached hydrogens (tertiary/aromatic N) is 4. The van der Waals surface area contributed by atoms with Crippen LogP contribution in [0.1, 0.15) is 35.5 Å². The van der Waals surface area contributed by atoms with Gasteiger partial charge in [-0.15, -0.1) is 0 Å². The normalized spacial score (nSPS) is 20.0. The topological polar surface area (TPSA) is 60.2 Å². The summed E-state index contributed by atoms with van der Waals surface area (Å²) in [5.74, 6) is -0.121. The molecule has 2 aromatic heterocycles. The minimum Gasteiger partial charge on any atom is -0.372 e. The van der Waals surface area contributed by atoms with Gasteiger partial charge in [-0.2, -0.15) is 5.10 Å². The van der Waals surface area contributed by atoms with Gasteiger partial charge in [0.2, 0.25) is 0 Å². The summed E-state index contributed by atoms with van der Waals surface area (Å²) in [5.41, 5.74) is 3.87. The van der Waals surface area contributed by atoms with Gasteiger partial charge in [0.25, 0.3) is 5.91 Å². The Bertz CT molecular complexity index is 1030. The molecule has 3 heterocycles. The number of benzene rings is 1. The number of amides is 1. The highest BCUT2D eigenvalue weighted by molar-refractivity contribution is 6.38. The Hall–Kier alpha value is -2.44. The summed E-state index contributed by atoms with van der Waals surface area (Å²) in [6, 6.07) is 8.04. The van der Waals surface area contributed by atoms with Crippen molar-refractivity contribution >= 4 is 28.5 Å². The summed E-state index contributed by atoms with van der Waals surface area (Å²) in [5, 5.41) is 5.72. The van der Waals surface area contributed by atoms with Gasteiger partial charge in [0.05, 0.1) is 39.6 Å². The fraction of sp³-hybridized carbons (Fsp3) is 0.381. The highest BCUT2D eigenvalue weighted by Crippen LogP contribution is 2.31. The predicted octanol–water partition coefficient (Wildman–Crippen LogP) is 3.94. The standard InChI is InChI=1S/C21H23ClN4O2/c1-12-5-7-16(8-6-12)26-20-18(15(4)24-26)19(22)17(9-23-20)21(27)25-10-13(2)28-14(3)11-25/h5-9,13-14H,10-11H2,1-4H3/t13-,14+. The number of aryl methyl sites for hydroxylation is 2. The lowest BCUT2D eigenvalue weighted by Crippen LogP contribution is -2.48. The number of rotatable bonds is 2. The largest absolute Gasteiger partial charge is 0.372 e. The summed E-state index contributed by atoms with van der Waals surface area (Å²) in [4.78, 5) is 19.4. The molecular weight excluding hydrogens is 376 g/mol. The van der Waals surface area contributed by atoms with Crippen LogP contribution in [0.25, 0.3) is 16.7 Å². The number of halogens is 1. The summed E-state index contributed by atoms with van der Waals surface area (Å²) in [6.45, 7) is 8.94. The molecule has 1 aliphatic heterocycles. The van der Waals surface area contributed by atoms with Crippen LogP contribution in [-0.4, -0.2) is 50.9 Å². The van der Waals surface area contributed by atoms with Crippen molar-refractivity contribution in [1.82, 2.24) is 19.7 Å². The van der Waals surface area contributed by atoms with Crippen molar-refractivity contribution in [3.05, 3.63) is 52.3 Å². The molecule has 3 aromatic rings. The SMILES string of the molecule is Cc1ccc(-n2nc(C)c3c(Cl)c(C(=O)N4C[C@@H](C)O[C@@H](C)C4)cnc32)cc1. The van der Waals surface area contributed by atoms with E-state index in [1.807, 2.05) is 52.0 Å². The fourth-order valence-corrected chi connectivity index (χ4v) is 4.09. The second-order valence-electron chi connectivity index (χ2n) is 7.48. The number of carbonyl (C=O) groups is 1. The number of hydrogen-bond donors (Lipinski definition) is 0. The lowest BCUT2D eigenvalue weighted by Gasteiger charge is -2.35. The molecular formula is C21H23ClN4O2. The van der Waals surface area contributed by atoms with Crippen LogP contribution in [0.15, 0.2) is 30.5 Å². The maximum atomic E-state index is 13.1. The molecule has 0 N–H and O–H groups in total. The monoisotopic (exact) mass is 398 g/mol. The Balaban J connectivity index is 1.76. The molecule has 4 rings (SSSR count). The third kappa shape index (κ3) is 3.27. The van der Waals surface area contributed by atoms with Gasteiger partial charge in [0.15, 0.2) is 5.65 Å². The molecule has 2 atom stereocenters. The number of morpholine rings is 1. The molecule has 146 valence electrons. The maximum absolute atomic E-state index is 13.1. The summed E-state index contributed by atoms with van der Waals surface area (Å²) >= 11 is 6.69. The van der Waals surface area contributed by atoms with Gasteiger partial charge < -0.3 is 9.64 Å².